The second-order valence-electron chi connectivity index (χ2n) is 5.74. The fourth-order valence-corrected chi connectivity index (χ4v) is 2.96. The number of halogens is 1. The van der Waals surface area contributed by atoms with Crippen molar-refractivity contribution < 1.29 is 4.79 Å². The maximum absolute atomic E-state index is 12.2. The molecule has 20 heavy (non-hydrogen) atoms. The van der Waals surface area contributed by atoms with Gasteiger partial charge in [0.2, 0.25) is 0 Å². The van der Waals surface area contributed by atoms with Gasteiger partial charge in [-0.3, -0.25) is 4.79 Å². The fourth-order valence-electron chi connectivity index (χ4n) is 2.70. The van der Waals surface area contributed by atoms with Gasteiger partial charge in [0.1, 0.15) is 0 Å². The topological polar surface area (TPSA) is 23.6 Å². The van der Waals surface area contributed by atoms with E-state index in [-0.39, 0.29) is 5.78 Å². The van der Waals surface area contributed by atoms with Gasteiger partial charge in [0.25, 0.3) is 0 Å². The summed E-state index contributed by atoms with van der Waals surface area (Å²) in [6, 6.07) is 8.27. The van der Waals surface area contributed by atoms with Crippen LogP contribution in [0.15, 0.2) is 28.7 Å². The first-order valence-corrected chi connectivity index (χ1v) is 8.03. The Balaban J connectivity index is 1.82. The lowest BCUT2D eigenvalue weighted by Gasteiger charge is -2.36. The average Bonchev–Trinajstić information content (AvgIpc) is 2.46. The first kappa shape index (κ1) is 15.7. The predicted octanol–water partition coefficient (Wildman–Crippen LogP) is 3.05. The zero-order chi connectivity index (χ0) is 14.5. The van der Waals surface area contributed by atoms with E-state index in [0.717, 1.165) is 29.7 Å². The van der Waals surface area contributed by atoms with Crippen molar-refractivity contribution in [3.05, 3.63) is 34.3 Å². The Bertz CT molecular complexity index is 444. The van der Waals surface area contributed by atoms with Crippen LogP contribution < -0.4 is 0 Å². The van der Waals surface area contributed by atoms with Crippen LogP contribution >= 0.6 is 15.9 Å². The van der Waals surface area contributed by atoms with Crippen molar-refractivity contribution in [3.63, 3.8) is 0 Å². The normalized spacial score (nSPS) is 20.3. The lowest BCUT2D eigenvalue weighted by atomic mass is 10.0. The second kappa shape index (κ2) is 7.34. The zero-order valence-electron chi connectivity index (χ0n) is 12.3. The molecule has 1 atom stereocenters. The minimum Gasteiger partial charge on any atom is -0.305 e. The van der Waals surface area contributed by atoms with Crippen molar-refractivity contribution in [2.75, 3.05) is 33.7 Å². The third kappa shape index (κ3) is 4.40. The van der Waals surface area contributed by atoms with Crippen molar-refractivity contribution in [2.24, 2.45) is 0 Å². The largest absolute Gasteiger partial charge is 0.305 e. The van der Waals surface area contributed by atoms with Crippen LogP contribution in [0.5, 0.6) is 0 Å². The Labute approximate surface area is 130 Å². The molecular formula is C16H23BrN2O. The monoisotopic (exact) mass is 338 g/mol. The number of nitrogens with zero attached hydrogens (tertiary/aromatic N) is 2. The van der Waals surface area contributed by atoms with Gasteiger partial charge in [-0.25, -0.2) is 0 Å². The smallest absolute Gasteiger partial charge is 0.164 e. The van der Waals surface area contributed by atoms with Crippen LogP contribution in [0.3, 0.4) is 0 Å². The molecule has 0 saturated carbocycles. The molecule has 1 aliphatic rings. The number of ketones is 1. The summed E-state index contributed by atoms with van der Waals surface area (Å²) in [6.45, 7) is 3.08. The first-order chi connectivity index (χ1) is 9.56. The summed E-state index contributed by atoms with van der Waals surface area (Å²) in [5.74, 6) is 0.240. The predicted molar refractivity (Wildman–Crippen MR) is 86.2 cm³/mol. The minimum atomic E-state index is 0.240. The molecule has 3 nitrogen and oxygen atoms in total. The Hall–Kier alpha value is -0.710. The van der Waals surface area contributed by atoms with Crippen LogP contribution in [0.1, 0.15) is 29.6 Å². The summed E-state index contributed by atoms with van der Waals surface area (Å²) in [4.78, 5) is 16.9. The van der Waals surface area contributed by atoms with Crippen molar-refractivity contribution in [1.29, 1.82) is 0 Å². The molecule has 110 valence electrons. The molecule has 1 heterocycles. The molecule has 1 aromatic rings. The van der Waals surface area contributed by atoms with Crippen LogP contribution in [-0.4, -0.2) is 55.4 Å². The Kier molecular flexibility index (Phi) is 5.75. The van der Waals surface area contributed by atoms with Gasteiger partial charge in [0.15, 0.2) is 5.78 Å². The quantitative estimate of drug-likeness (QED) is 0.771. The second-order valence-corrected chi connectivity index (χ2v) is 6.66. The number of piperidine rings is 1. The molecule has 0 spiro atoms. The van der Waals surface area contributed by atoms with E-state index >= 15 is 0 Å². The van der Waals surface area contributed by atoms with Gasteiger partial charge in [-0.1, -0.05) is 28.1 Å². The fraction of sp³-hybridized carbons (Fsp3) is 0.562. The maximum atomic E-state index is 12.2. The van der Waals surface area contributed by atoms with Crippen molar-refractivity contribution in [2.45, 2.75) is 25.3 Å². The Morgan fingerprint density at radius 3 is 2.70 bits per heavy atom. The van der Waals surface area contributed by atoms with Gasteiger partial charge in [-0.2, -0.15) is 0 Å². The molecule has 0 amide bonds. The first-order valence-electron chi connectivity index (χ1n) is 7.24. The van der Waals surface area contributed by atoms with E-state index in [1.807, 2.05) is 24.3 Å². The Morgan fingerprint density at radius 2 is 2.05 bits per heavy atom. The molecule has 0 N–H and O–H groups in total. The molecule has 4 heteroatoms. The molecule has 0 aliphatic carbocycles. The van der Waals surface area contributed by atoms with Gasteiger partial charge in [0, 0.05) is 35.6 Å². The highest BCUT2D eigenvalue weighted by atomic mass is 79.9. The molecule has 1 unspecified atom stereocenters. The van der Waals surface area contributed by atoms with Gasteiger partial charge in [0.05, 0.1) is 0 Å². The summed E-state index contributed by atoms with van der Waals surface area (Å²) < 4.78 is 1.01. The van der Waals surface area contributed by atoms with Crippen LogP contribution in [0.4, 0.5) is 0 Å². The standard InChI is InChI=1S/C16H23BrN2O/c1-18(2)15-4-3-10-19(12-15)11-9-16(20)13-5-7-14(17)8-6-13/h5-8,15H,3-4,9-12H2,1-2H3. The molecule has 0 aromatic heterocycles. The van der Waals surface area contributed by atoms with E-state index in [4.69, 9.17) is 0 Å². The Morgan fingerprint density at radius 1 is 1.35 bits per heavy atom. The lowest BCUT2D eigenvalue weighted by Crippen LogP contribution is -2.45. The number of rotatable bonds is 5. The minimum absolute atomic E-state index is 0.240. The number of benzene rings is 1. The lowest BCUT2D eigenvalue weighted by molar-refractivity contribution is 0.0928. The van der Waals surface area contributed by atoms with Crippen molar-refractivity contribution in [1.82, 2.24) is 9.80 Å². The highest BCUT2D eigenvalue weighted by molar-refractivity contribution is 9.10. The third-order valence-electron chi connectivity index (χ3n) is 4.03. The highest BCUT2D eigenvalue weighted by Gasteiger charge is 2.21. The SMILES string of the molecule is CN(C)C1CCCN(CCC(=O)c2ccc(Br)cc2)C1. The number of carbonyl (C=O) groups is 1. The van der Waals surface area contributed by atoms with E-state index in [9.17, 15) is 4.79 Å². The van der Waals surface area contributed by atoms with E-state index in [1.54, 1.807) is 0 Å². The summed E-state index contributed by atoms with van der Waals surface area (Å²) >= 11 is 3.39. The molecule has 1 aliphatic heterocycles. The summed E-state index contributed by atoms with van der Waals surface area (Å²) in [5.41, 5.74) is 0.814. The molecule has 1 fully saturated rings. The summed E-state index contributed by atoms with van der Waals surface area (Å²) in [6.07, 6.45) is 3.11. The number of hydrogen-bond acceptors (Lipinski definition) is 3. The number of hydrogen-bond donors (Lipinski definition) is 0. The molecular weight excluding hydrogens is 316 g/mol. The number of carbonyl (C=O) groups excluding carboxylic acids is 1. The molecule has 1 saturated heterocycles. The van der Waals surface area contributed by atoms with Crippen LogP contribution in [0, 0.1) is 0 Å². The molecule has 0 bridgehead atoms. The average molecular weight is 339 g/mol. The maximum Gasteiger partial charge on any atom is 0.164 e. The van der Waals surface area contributed by atoms with Gasteiger partial charge >= 0.3 is 0 Å². The zero-order valence-corrected chi connectivity index (χ0v) is 13.9. The number of likely N-dealkylation sites (N-methyl/N-ethyl adjacent to an activating group) is 1. The van der Waals surface area contributed by atoms with Crippen molar-refractivity contribution >= 4 is 21.7 Å². The summed E-state index contributed by atoms with van der Waals surface area (Å²) in [5, 5.41) is 0. The van der Waals surface area contributed by atoms with Crippen LogP contribution in [0.25, 0.3) is 0 Å². The van der Waals surface area contributed by atoms with E-state index < -0.39 is 0 Å². The summed E-state index contributed by atoms with van der Waals surface area (Å²) in [7, 11) is 4.28. The van der Waals surface area contributed by atoms with E-state index in [0.29, 0.717) is 12.5 Å². The van der Waals surface area contributed by atoms with E-state index in [2.05, 4.69) is 39.8 Å². The highest BCUT2D eigenvalue weighted by Crippen LogP contribution is 2.15. The molecule has 1 aromatic carbocycles. The van der Waals surface area contributed by atoms with Gasteiger partial charge in [-0.05, 0) is 45.6 Å². The van der Waals surface area contributed by atoms with Crippen LogP contribution in [0.2, 0.25) is 0 Å². The van der Waals surface area contributed by atoms with E-state index in [1.165, 1.54) is 12.8 Å². The third-order valence-corrected chi connectivity index (χ3v) is 4.56. The van der Waals surface area contributed by atoms with Gasteiger partial charge in [-0.15, -0.1) is 0 Å². The molecule has 0 radical (unpaired) electrons. The number of Topliss-reactive ketones (excluding diaryl/α,β-unsaturated/α-hetero) is 1. The van der Waals surface area contributed by atoms with Crippen molar-refractivity contribution in [3.8, 4) is 0 Å². The molecule has 2 rings (SSSR count). The van der Waals surface area contributed by atoms with Crippen LogP contribution in [-0.2, 0) is 0 Å². The number of likely N-dealkylation sites (tertiary alicyclic amines) is 1. The van der Waals surface area contributed by atoms with Gasteiger partial charge < -0.3 is 9.80 Å².